The third kappa shape index (κ3) is 5.79. The molecule has 0 aliphatic rings. The summed E-state index contributed by atoms with van der Waals surface area (Å²) in [6.45, 7) is 3.82. The smallest absolute Gasteiger partial charge is 0.330 e. The molecule has 0 spiro atoms. The molecule has 1 N–H and O–H groups in total. The molecule has 2 rings (SSSR count). The minimum absolute atomic E-state index is 0.0151. The summed E-state index contributed by atoms with van der Waals surface area (Å²) in [6, 6.07) is 13.0. The fourth-order valence-corrected chi connectivity index (χ4v) is 4.07. The van der Waals surface area contributed by atoms with Crippen LogP contribution in [0.1, 0.15) is 36.2 Å². The van der Waals surface area contributed by atoms with Crippen molar-refractivity contribution in [1.29, 1.82) is 0 Å². The van der Waals surface area contributed by atoms with Crippen molar-refractivity contribution in [3.8, 4) is 0 Å². The van der Waals surface area contributed by atoms with Crippen molar-refractivity contribution >= 4 is 33.5 Å². The average Bonchev–Trinajstić information content (AvgIpc) is 2.67. The lowest BCUT2D eigenvalue weighted by molar-refractivity contribution is -0.137. The van der Waals surface area contributed by atoms with Crippen LogP contribution in [0.25, 0.3) is 6.08 Å². The molecule has 0 radical (unpaired) electrons. The van der Waals surface area contributed by atoms with Crippen LogP contribution in [-0.2, 0) is 19.4 Å². The van der Waals surface area contributed by atoms with E-state index in [1.165, 1.54) is 18.2 Å². The maximum absolute atomic E-state index is 12.6. The van der Waals surface area contributed by atoms with Crippen molar-refractivity contribution in [2.45, 2.75) is 25.2 Å². The number of benzene rings is 2. The zero-order valence-corrected chi connectivity index (χ0v) is 16.7. The van der Waals surface area contributed by atoms with Gasteiger partial charge in [-0.1, -0.05) is 31.2 Å². The Balaban J connectivity index is 2.15. The predicted octanol–water partition coefficient (Wildman–Crippen LogP) is 3.70. The molecule has 0 aromatic heterocycles. The van der Waals surface area contributed by atoms with Crippen molar-refractivity contribution in [3.05, 3.63) is 65.7 Å². The first-order chi connectivity index (χ1) is 13.4. The Labute approximate surface area is 165 Å². The largest absolute Gasteiger partial charge is 0.463 e. The standard InChI is InChI=1S/C21H23NO5S/c1-3-15-28(25,26)19-8-6-5-7-18(19)21(24)22-17-12-9-16(10-13-17)11-14-20(23)27-4-2/h5-14H,3-4,15H2,1-2H3,(H,22,24)/b14-11+. The van der Waals surface area contributed by atoms with Crippen LogP contribution in [0.15, 0.2) is 59.5 Å². The normalized spacial score (nSPS) is 11.4. The first-order valence-electron chi connectivity index (χ1n) is 8.95. The van der Waals surface area contributed by atoms with E-state index in [0.717, 1.165) is 5.56 Å². The van der Waals surface area contributed by atoms with Crippen LogP contribution < -0.4 is 5.32 Å². The maximum Gasteiger partial charge on any atom is 0.330 e. The summed E-state index contributed by atoms with van der Waals surface area (Å²) in [5, 5.41) is 2.71. The summed E-state index contributed by atoms with van der Waals surface area (Å²) in [5.74, 6) is -0.937. The molecule has 2 aromatic rings. The monoisotopic (exact) mass is 401 g/mol. The Morgan fingerprint density at radius 2 is 1.71 bits per heavy atom. The molecule has 0 aliphatic carbocycles. The molecule has 0 unspecified atom stereocenters. The summed E-state index contributed by atoms with van der Waals surface area (Å²) >= 11 is 0. The van der Waals surface area contributed by atoms with Crippen LogP contribution in [0, 0.1) is 0 Å². The molecule has 0 aliphatic heterocycles. The Bertz CT molecular complexity index is 963. The van der Waals surface area contributed by atoms with E-state index in [2.05, 4.69) is 5.32 Å². The van der Waals surface area contributed by atoms with E-state index >= 15 is 0 Å². The average molecular weight is 401 g/mol. The van der Waals surface area contributed by atoms with E-state index in [-0.39, 0.29) is 16.2 Å². The van der Waals surface area contributed by atoms with Crippen molar-refractivity contribution in [3.63, 3.8) is 0 Å². The van der Waals surface area contributed by atoms with Gasteiger partial charge in [0.25, 0.3) is 5.91 Å². The van der Waals surface area contributed by atoms with Crippen molar-refractivity contribution in [2.24, 2.45) is 0 Å². The number of amides is 1. The van der Waals surface area contributed by atoms with Gasteiger partial charge in [-0.3, -0.25) is 4.79 Å². The SMILES string of the molecule is CCCS(=O)(=O)c1ccccc1C(=O)Nc1ccc(/C=C/C(=O)OCC)cc1. The van der Waals surface area contributed by atoms with E-state index < -0.39 is 21.7 Å². The molecule has 0 bridgehead atoms. The molecule has 0 atom stereocenters. The number of hydrogen-bond acceptors (Lipinski definition) is 5. The van der Waals surface area contributed by atoms with Crippen LogP contribution in [0.4, 0.5) is 5.69 Å². The molecule has 1 amide bonds. The highest BCUT2D eigenvalue weighted by Crippen LogP contribution is 2.20. The Morgan fingerprint density at radius 3 is 2.36 bits per heavy atom. The van der Waals surface area contributed by atoms with Gasteiger partial charge < -0.3 is 10.1 Å². The first kappa shape index (κ1) is 21.4. The summed E-state index contributed by atoms with van der Waals surface area (Å²) in [4.78, 5) is 24.0. The Kier molecular flexibility index (Phi) is 7.52. The first-order valence-corrected chi connectivity index (χ1v) is 10.6. The third-order valence-corrected chi connectivity index (χ3v) is 5.78. The predicted molar refractivity (Wildman–Crippen MR) is 109 cm³/mol. The summed E-state index contributed by atoms with van der Waals surface area (Å²) in [6.07, 6.45) is 3.40. The zero-order chi connectivity index (χ0) is 20.6. The second-order valence-electron chi connectivity index (χ2n) is 5.98. The lowest BCUT2D eigenvalue weighted by atomic mass is 10.1. The number of ether oxygens (including phenoxy) is 1. The number of hydrogen-bond donors (Lipinski definition) is 1. The van der Waals surface area contributed by atoms with Gasteiger partial charge in [-0.2, -0.15) is 0 Å². The Morgan fingerprint density at radius 1 is 1.04 bits per heavy atom. The molecule has 6 nitrogen and oxygen atoms in total. The number of anilines is 1. The van der Waals surface area contributed by atoms with E-state index in [1.54, 1.807) is 56.3 Å². The zero-order valence-electron chi connectivity index (χ0n) is 15.8. The lowest BCUT2D eigenvalue weighted by Gasteiger charge is -2.10. The van der Waals surface area contributed by atoms with Gasteiger partial charge in [-0.15, -0.1) is 0 Å². The summed E-state index contributed by atoms with van der Waals surface area (Å²) < 4.78 is 29.6. The third-order valence-electron chi connectivity index (χ3n) is 3.81. The molecule has 28 heavy (non-hydrogen) atoms. The van der Waals surface area contributed by atoms with E-state index in [9.17, 15) is 18.0 Å². The highest BCUT2D eigenvalue weighted by molar-refractivity contribution is 7.91. The van der Waals surface area contributed by atoms with Gasteiger partial charge in [-0.05, 0) is 49.2 Å². The van der Waals surface area contributed by atoms with Gasteiger partial charge in [0.2, 0.25) is 0 Å². The van der Waals surface area contributed by atoms with Gasteiger partial charge >= 0.3 is 5.97 Å². The van der Waals surface area contributed by atoms with Gasteiger partial charge in [0, 0.05) is 11.8 Å². The van der Waals surface area contributed by atoms with Crippen LogP contribution >= 0.6 is 0 Å². The number of carbonyl (C=O) groups excluding carboxylic acids is 2. The van der Waals surface area contributed by atoms with E-state index in [1.807, 2.05) is 0 Å². The molecule has 0 fully saturated rings. The second-order valence-corrected chi connectivity index (χ2v) is 8.05. The van der Waals surface area contributed by atoms with Gasteiger partial charge in [0.15, 0.2) is 9.84 Å². The minimum atomic E-state index is -3.52. The van der Waals surface area contributed by atoms with Crippen molar-refractivity contribution in [1.82, 2.24) is 0 Å². The molecule has 7 heteroatoms. The molecule has 148 valence electrons. The number of nitrogens with one attached hydrogen (secondary N) is 1. The summed E-state index contributed by atoms with van der Waals surface area (Å²) in [5.41, 5.74) is 1.39. The van der Waals surface area contributed by atoms with Gasteiger partial charge in [-0.25, -0.2) is 13.2 Å². The van der Waals surface area contributed by atoms with E-state index in [0.29, 0.717) is 18.7 Å². The molecule has 0 saturated carbocycles. The van der Waals surface area contributed by atoms with Crippen LogP contribution in [-0.4, -0.2) is 32.7 Å². The fraction of sp³-hybridized carbons (Fsp3) is 0.238. The molecule has 0 saturated heterocycles. The van der Waals surface area contributed by atoms with Crippen LogP contribution in [0.3, 0.4) is 0 Å². The molecule has 2 aromatic carbocycles. The van der Waals surface area contributed by atoms with Crippen molar-refractivity contribution in [2.75, 3.05) is 17.7 Å². The van der Waals surface area contributed by atoms with Crippen molar-refractivity contribution < 1.29 is 22.7 Å². The van der Waals surface area contributed by atoms with Crippen LogP contribution in [0.5, 0.6) is 0 Å². The minimum Gasteiger partial charge on any atom is -0.463 e. The van der Waals surface area contributed by atoms with Crippen LogP contribution in [0.2, 0.25) is 0 Å². The number of rotatable bonds is 8. The highest BCUT2D eigenvalue weighted by Gasteiger charge is 2.21. The quantitative estimate of drug-likeness (QED) is 0.538. The topological polar surface area (TPSA) is 89.5 Å². The van der Waals surface area contributed by atoms with Gasteiger partial charge in [0.1, 0.15) is 0 Å². The fourth-order valence-electron chi connectivity index (χ4n) is 2.53. The number of sulfone groups is 1. The summed E-state index contributed by atoms with van der Waals surface area (Å²) in [7, 11) is -3.52. The lowest BCUT2D eigenvalue weighted by Crippen LogP contribution is -2.17. The van der Waals surface area contributed by atoms with E-state index in [4.69, 9.17) is 4.74 Å². The molecular weight excluding hydrogens is 378 g/mol. The number of carbonyl (C=O) groups is 2. The maximum atomic E-state index is 12.6. The molecular formula is C21H23NO5S. The Hall–Kier alpha value is -2.93. The molecule has 0 heterocycles. The van der Waals surface area contributed by atoms with Gasteiger partial charge in [0.05, 0.1) is 22.8 Å². The highest BCUT2D eigenvalue weighted by atomic mass is 32.2. The second kappa shape index (κ2) is 9.85. The number of esters is 1.